The summed E-state index contributed by atoms with van der Waals surface area (Å²) >= 11 is 1.85. The number of piperazine rings is 1. The normalized spacial score (nSPS) is 16.9. The third-order valence-electron chi connectivity index (χ3n) is 5.30. The second-order valence-corrected chi connectivity index (χ2v) is 7.70. The first-order valence-electron chi connectivity index (χ1n) is 9.16. The lowest BCUT2D eigenvalue weighted by Gasteiger charge is -2.35. The Morgan fingerprint density at radius 2 is 1.65 bits per heavy atom. The molecule has 5 rings (SSSR count). The van der Waals surface area contributed by atoms with Crippen LogP contribution in [-0.2, 0) is 0 Å². The highest BCUT2D eigenvalue weighted by atomic mass is 32.1. The molecule has 0 radical (unpaired) electrons. The highest BCUT2D eigenvalue weighted by Crippen LogP contribution is 2.39. The van der Waals surface area contributed by atoms with Crippen molar-refractivity contribution in [2.75, 3.05) is 26.2 Å². The van der Waals surface area contributed by atoms with Crippen molar-refractivity contribution in [3.63, 3.8) is 0 Å². The van der Waals surface area contributed by atoms with E-state index in [1.54, 1.807) is 0 Å². The summed E-state index contributed by atoms with van der Waals surface area (Å²) in [5.41, 5.74) is 3.86. The predicted molar refractivity (Wildman–Crippen MR) is 110 cm³/mol. The molecule has 4 heteroatoms. The van der Waals surface area contributed by atoms with Crippen molar-refractivity contribution < 1.29 is 0 Å². The van der Waals surface area contributed by atoms with Crippen LogP contribution in [-0.4, -0.2) is 36.1 Å². The van der Waals surface area contributed by atoms with Crippen LogP contribution >= 0.6 is 11.3 Å². The molecule has 1 aliphatic rings. The van der Waals surface area contributed by atoms with Crippen LogP contribution in [0.1, 0.15) is 17.2 Å². The summed E-state index contributed by atoms with van der Waals surface area (Å²) in [5, 5.41) is 8.48. The number of nitrogens with zero attached hydrogens (tertiary/aromatic N) is 2. The Hall–Kier alpha value is -2.27. The van der Waals surface area contributed by atoms with Crippen LogP contribution in [0.5, 0.6) is 0 Å². The molecule has 0 saturated carbocycles. The first kappa shape index (κ1) is 15.9. The van der Waals surface area contributed by atoms with Gasteiger partial charge >= 0.3 is 0 Å². The molecule has 1 aliphatic heterocycles. The van der Waals surface area contributed by atoms with Crippen LogP contribution in [0.15, 0.2) is 66.2 Å². The zero-order valence-corrected chi connectivity index (χ0v) is 15.4. The number of fused-ring (bicyclic) bond motifs is 2. The summed E-state index contributed by atoms with van der Waals surface area (Å²) in [5.74, 6) is 0. The minimum Gasteiger partial charge on any atom is -0.314 e. The predicted octanol–water partition coefficient (Wildman–Crippen LogP) is 4.44. The topological polar surface area (TPSA) is 28.2 Å². The molecule has 1 fully saturated rings. The fourth-order valence-electron chi connectivity index (χ4n) is 4.07. The van der Waals surface area contributed by atoms with E-state index in [1.807, 2.05) is 17.5 Å². The highest BCUT2D eigenvalue weighted by molar-refractivity contribution is 7.17. The number of para-hydroxylation sites is 1. The van der Waals surface area contributed by atoms with E-state index in [0.717, 1.165) is 31.7 Å². The molecular formula is C22H21N3S. The van der Waals surface area contributed by atoms with Gasteiger partial charge in [-0.2, -0.15) is 0 Å². The van der Waals surface area contributed by atoms with Crippen LogP contribution in [0.3, 0.4) is 0 Å². The van der Waals surface area contributed by atoms with E-state index in [-0.39, 0.29) is 6.04 Å². The largest absolute Gasteiger partial charge is 0.314 e. The smallest absolute Gasteiger partial charge is 0.0705 e. The molecule has 0 bridgehead atoms. The molecular weight excluding hydrogens is 338 g/mol. The number of benzene rings is 2. The van der Waals surface area contributed by atoms with Crippen molar-refractivity contribution in [1.29, 1.82) is 0 Å². The van der Waals surface area contributed by atoms with E-state index in [4.69, 9.17) is 0 Å². The second kappa shape index (κ2) is 6.80. The van der Waals surface area contributed by atoms with Crippen LogP contribution < -0.4 is 5.32 Å². The van der Waals surface area contributed by atoms with Crippen molar-refractivity contribution in [2.24, 2.45) is 0 Å². The number of nitrogens with one attached hydrogen (secondary N) is 1. The summed E-state index contributed by atoms with van der Waals surface area (Å²) in [6.07, 6.45) is 1.96. The van der Waals surface area contributed by atoms with Crippen molar-refractivity contribution in [3.05, 3.63) is 77.3 Å². The number of thiophene rings is 1. The Morgan fingerprint density at radius 3 is 2.54 bits per heavy atom. The third-order valence-corrected chi connectivity index (χ3v) is 6.28. The number of hydrogen-bond acceptors (Lipinski definition) is 4. The van der Waals surface area contributed by atoms with Crippen molar-refractivity contribution >= 4 is 32.3 Å². The van der Waals surface area contributed by atoms with Gasteiger partial charge in [0.25, 0.3) is 0 Å². The van der Waals surface area contributed by atoms with Crippen molar-refractivity contribution in [2.45, 2.75) is 6.04 Å². The van der Waals surface area contributed by atoms with Crippen molar-refractivity contribution in [3.8, 4) is 0 Å². The fourth-order valence-corrected chi connectivity index (χ4v) is 5.05. The van der Waals surface area contributed by atoms with Crippen LogP contribution in [0.25, 0.3) is 21.0 Å². The Balaban J connectivity index is 1.74. The molecule has 2 aromatic heterocycles. The van der Waals surface area contributed by atoms with Gasteiger partial charge in [0.2, 0.25) is 0 Å². The van der Waals surface area contributed by atoms with Crippen LogP contribution in [0, 0.1) is 0 Å². The first-order chi connectivity index (χ1) is 12.9. The highest BCUT2D eigenvalue weighted by Gasteiger charge is 2.27. The average molecular weight is 359 g/mol. The van der Waals surface area contributed by atoms with Gasteiger partial charge in [-0.25, -0.2) is 0 Å². The number of pyridine rings is 1. The van der Waals surface area contributed by atoms with E-state index in [1.165, 1.54) is 26.6 Å². The second-order valence-electron chi connectivity index (χ2n) is 6.79. The van der Waals surface area contributed by atoms with Gasteiger partial charge in [-0.15, -0.1) is 11.3 Å². The zero-order valence-electron chi connectivity index (χ0n) is 14.6. The van der Waals surface area contributed by atoms with Gasteiger partial charge < -0.3 is 5.32 Å². The molecule has 0 spiro atoms. The number of hydrogen-bond donors (Lipinski definition) is 1. The van der Waals surface area contributed by atoms with E-state index in [9.17, 15) is 0 Å². The molecule has 1 N–H and O–H groups in total. The van der Waals surface area contributed by atoms with Gasteiger partial charge in [-0.1, -0.05) is 36.4 Å². The molecule has 0 amide bonds. The molecule has 1 unspecified atom stereocenters. The maximum atomic E-state index is 4.58. The maximum Gasteiger partial charge on any atom is 0.0705 e. The Bertz CT molecular complexity index is 1040. The van der Waals surface area contributed by atoms with Gasteiger partial charge in [-0.05, 0) is 40.1 Å². The Labute approximate surface area is 157 Å². The molecule has 2 aromatic carbocycles. The molecule has 3 heterocycles. The molecule has 3 nitrogen and oxygen atoms in total. The quantitative estimate of drug-likeness (QED) is 0.586. The SMILES string of the molecule is c1ccc2c(C(c3csc4ccccc34)N3CCNCC3)ccnc2c1. The Kier molecular flexibility index (Phi) is 4.17. The molecule has 0 aliphatic carbocycles. The lowest BCUT2D eigenvalue weighted by Crippen LogP contribution is -2.45. The molecule has 26 heavy (non-hydrogen) atoms. The summed E-state index contributed by atoms with van der Waals surface area (Å²) in [6.45, 7) is 4.21. The minimum atomic E-state index is 0.265. The Morgan fingerprint density at radius 1 is 0.885 bits per heavy atom. The van der Waals surface area contributed by atoms with Crippen LogP contribution in [0.2, 0.25) is 0 Å². The fraction of sp³-hybridized carbons (Fsp3) is 0.227. The maximum absolute atomic E-state index is 4.58. The molecule has 1 saturated heterocycles. The monoisotopic (exact) mass is 359 g/mol. The summed E-state index contributed by atoms with van der Waals surface area (Å²) in [4.78, 5) is 7.20. The number of aromatic nitrogens is 1. The third kappa shape index (κ3) is 2.71. The van der Waals surface area contributed by atoms with E-state index < -0.39 is 0 Å². The van der Waals surface area contributed by atoms with Gasteiger partial charge in [0, 0.05) is 42.5 Å². The van der Waals surface area contributed by atoms with E-state index in [2.05, 4.69) is 75.2 Å². The van der Waals surface area contributed by atoms with Crippen molar-refractivity contribution in [1.82, 2.24) is 15.2 Å². The van der Waals surface area contributed by atoms with Gasteiger partial charge in [0.1, 0.15) is 0 Å². The molecule has 4 aromatic rings. The van der Waals surface area contributed by atoms with Gasteiger partial charge in [0.15, 0.2) is 0 Å². The zero-order chi connectivity index (χ0) is 17.3. The van der Waals surface area contributed by atoms with E-state index in [0.29, 0.717) is 0 Å². The summed E-state index contributed by atoms with van der Waals surface area (Å²) in [7, 11) is 0. The first-order valence-corrected chi connectivity index (χ1v) is 10.0. The molecule has 130 valence electrons. The number of rotatable bonds is 3. The lowest BCUT2D eigenvalue weighted by atomic mass is 9.93. The standard InChI is InChI=1S/C22H21N3S/c1-3-7-20-16(5-1)18(9-10-24-20)22(25-13-11-23-12-14-25)19-15-26-21-8-4-2-6-17(19)21/h1-10,15,22-23H,11-14H2. The summed E-state index contributed by atoms with van der Waals surface area (Å²) in [6, 6.07) is 19.8. The summed E-state index contributed by atoms with van der Waals surface area (Å²) < 4.78 is 1.36. The van der Waals surface area contributed by atoms with Gasteiger partial charge in [0.05, 0.1) is 11.6 Å². The van der Waals surface area contributed by atoms with E-state index >= 15 is 0 Å². The molecule has 1 atom stereocenters. The van der Waals surface area contributed by atoms with Crippen LogP contribution in [0.4, 0.5) is 0 Å². The minimum absolute atomic E-state index is 0.265. The lowest BCUT2D eigenvalue weighted by molar-refractivity contribution is 0.200. The average Bonchev–Trinajstić information content (AvgIpc) is 3.13. The van der Waals surface area contributed by atoms with Gasteiger partial charge in [-0.3, -0.25) is 9.88 Å².